The van der Waals surface area contributed by atoms with Crippen molar-refractivity contribution in [3.63, 3.8) is 0 Å². The molecular formula is C15H16N2O3. The molecule has 0 saturated carbocycles. The Morgan fingerprint density at radius 3 is 2.70 bits per heavy atom. The Balaban J connectivity index is 1.99. The van der Waals surface area contributed by atoms with Gasteiger partial charge in [-0.2, -0.15) is 5.26 Å². The summed E-state index contributed by atoms with van der Waals surface area (Å²) in [5, 5.41) is 8.79. The second kappa shape index (κ2) is 6.20. The largest absolute Gasteiger partial charge is 0.449 e. The fraction of sp³-hybridized carbons (Fsp3) is 0.400. The first-order valence-electron chi connectivity index (χ1n) is 6.62. The van der Waals surface area contributed by atoms with Gasteiger partial charge in [-0.15, -0.1) is 0 Å². The van der Waals surface area contributed by atoms with E-state index in [0.717, 1.165) is 25.9 Å². The van der Waals surface area contributed by atoms with Crippen LogP contribution in [-0.2, 0) is 9.53 Å². The van der Waals surface area contributed by atoms with Crippen LogP contribution in [0.25, 0.3) is 0 Å². The second-order valence-electron chi connectivity index (χ2n) is 4.77. The minimum absolute atomic E-state index is 0.160. The number of carbonyl (C=O) groups excluding carboxylic acids is 2. The lowest BCUT2D eigenvalue weighted by molar-refractivity contribution is -0.138. The van der Waals surface area contributed by atoms with Crippen molar-refractivity contribution in [2.45, 2.75) is 25.9 Å². The monoisotopic (exact) mass is 272 g/mol. The molecule has 1 fully saturated rings. The lowest BCUT2D eigenvalue weighted by Gasteiger charge is -2.20. The van der Waals surface area contributed by atoms with E-state index in [1.807, 2.05) is 6.07 Å². The van der Waals surface area contributed by atoms with E-state index < -0.39 is 12.1 Å². The van der Waals surface area contributed by atoms with Crippen LogP contribution in [-0.4, -0.2) is 36.0 Å². The number of hydrogen-bond donors (Lipinski definition) is 0. The number of ether oxygens (including phenoxy) is 1. The Hall–Kier alpha value is -2.35. The summed E-state index contributed by atoms with van der Waals surface area (Å²) in [5.41, 5.74) is 0.670. The number of nitriles is 1. The van der Waals surface area contributed by atoms with Gasteiger partial charge in [-0.1, -0.05) is 6.07 Å². The topological polar surface area (TPSA) is 70.4 Å². The lowest BCUT2D eigenvalue weighted by Crippen LogP contribution is -2.38. The van der Waals surface area contributed by atoms with Crippen LogP contribution in [0, 0.1) is 11.3 Å². The first kappa shape index (κ1) is 14.1. The maximum atomic E-state index is 12.0. The zero-order valence-corrected chi connectivity index (χ0v) is 11.3. The number of likely N-dealkylation sites (tertiary alicyclic amines) is 1. The molecular weight excluding hydrogens is 256 g/mol. The predicted molar refractivity (Wildman–Crippen MR) is 71.8 cm³/mol. The molecule has 20 heavy (non-hydrogen) atoms. The molecule has 1 aliphatic heterocycles. The standard InChI is InChI=1S/C15H16N2O3/c1-11(14(18)17-7-2-3-8-17)20-15(19)13-6-4-5-12(9-13)10-16/h4-6,9,11H,2-3,7-8H2,1H3/t11-/m1/s1. The molecule has 104 valence electrons. The van der Waals surface area contributed by atoms with E-state index in [-0.39, 0.29) is 11.5 Å². The zero-order valence-electron chi connectivity index (χ0n) is 11.3. The number of esters is 1. The van der Waals surface area contributed by atoms with E-state index >= 15 is 0 Å². The number of carbonyl (C=O) groups is 2. The third kappa shape index (κ3) is 3.15. The van der Waals surface area contributed by atoms with E-state index in [4.69, 9.17) is 10.00 Å². The summed E-state index contributed by atoms with van der Waals surface area (Å²) in [6.07, 6.45) is 1.19. The minimum atomic E-state index is -0.800. The van der Waals surface area contributed by atoms with Gasteiger partial charge in [-0.3, -0.25) is 4.79 Å². The van der Waals surface area contributed by atoms with Crippen LogP contribution < -0.4 is 0 Å². The van der Waals surface area contributed by atoms with Crippen LogP contribution in [0.15, 0.2) is 24.3 Å². The fourth-order valence-corrected chi connectivity index (χ4v) is 2.19. The van der Waals surface area contributed by atoms with Crippen LogP contribution in [0.2, 0.25) is 0 Å². The lowest BCUT2D eigenvalue weighted by atomic mass is 10.1. The van der Waals surface area contributed by atoms with Crippen molar-refractivity contribution < 1.29 is 14.3 Å². The predicted octanol–water partition coefficient (Wildman–Crippen LogP) is 1.73. The Kier molecular flexibility index (Phi) is 4.36. The first-order valence-corrected chi connectivity index (χ1v) is 6.62. The minimum Gasteiger partial charge on any atom is -0.449 e. The van der Waals surface area contributed by atoms with Crippen LogP contribution in [0.1, 0.15) is 35.7 Å². The molecule has 0 radical (unpaired) electrons. The number of rotatable bonds is 3. The molecule has 0 N–H and O–H groups in total. The summed E-state index contributed by atoms with van der Waals surface area (Å²) < 4.78 is 5.17. The third-order valence-corrected chi connectivity index (χ3v) is 3.28. The van der Waals surface area contributed by atoms with Crippen LogP contribution >= 0.6 is 0 Å². The van der Waals surface area contributed by atoms with Gasteiger partial charge in [0.1, 0.15) is 0 Å². The van der Waals surface area contributed by atoms with E-state index in [9.17, 15) is 9.59 Å². The Morgan fingerprint density at radius 2 is 2.05 bits per heavy atom. The van der Waals surface area contributed by atoms with Gasteiger partial charge in [-0.25, -0.2) is 4.79 Å². The van der Waals surface area contributed by atoms with E-state index in [1.165, 1.54) is 6.07 Å². The van der Waals surface area contributed by atoms with Gasteiger partial charge in [0.2, 0.25) is 0 Å². The molecule has 0 aromatic heterocycles. The first-order chi connectivity index (χ1) is 9.61. The summed E-state index contributed by atoms with van der Waals surface area (Å²) in [5.74, 6) is -0.741. The van der Waals surface area contributed by atoms with Crippen molar-refractivity contribution >= 4 is 11.9 Å². The summed E-state index contributed by atoms with van der Waals surface area (Å²) in [6, 6.07) is 8.20. The summed E-state index contributed by atoms with van der Waals surface area (Å²) in [6.45, 7) is 3.03. The highest BCUT2D eigenvalue weighted by Crippen LogP contribution is 2.12. The highest BCUT2D eigenvalue weighted by molar-refractivity contribution is 5.92. The van der Waals surface area contributed by atoms with Crippen molar-refractivity contribution in [1.82, 2.24) is 4.90 Å². The van der Waals surface area contributed by atoms with Gasteiger partial charge in [0.15, 0.2) is 6.10 Å². The van der Waals surface area contributed by atoms with Crippen molar-refractivity contribution in [2.75, 3.05) is 13.1 Å². The Morgan fingerprint density at radius 1 is 1.35 bits per heavy atom. The van der Waals surface area contributed by atoms with Gasteiger partial charge in [-0.05, 0) is 38.0 Å². The number of amides is 1. The van der Waals surface area contributed by atoms with Crippen molar-refractivity contribution in [1.29, 1.82) is 5.26 Å². The van der Waals surface area contributed by atoms with E-state index in [1.54, 1.807) is 30.0 Å². The molecule has 1 aromatic rings. The third-order valence-electron chi connectivity index (χ3n) is 3.28. The van der Waals surface area contributed by atoms with Crippen molar-refractivity contribution in [3.8, 4) is 6.07 Å². The molecule has 1 atom stereocenters. The molecule has 0 unspecified atom stereocenters. The summed E-state index contributed by atoms with van der Waals surface area (Å²) in [4.78, 5) is 25.7. The van der Waals surface area contributed by atoms with Crippen LogP contribution in [0.3, 0.4) is 0 Å². The molecule has 1 heterocycles. The maximum Gasteiger partial charge on any atom is 0.338 e. The van der Waals surface area contributed by atoms with Gasteiger partial charge in [0, 0.05) is 13.1 Å². The fourth-order valence-electron chi connectivity index (χ4n) is 2.19. The maximum absolute atomic E-state index is 12.0. The molecule has 1 aliphatic rings. The Labute approximate surface area is 117 Å². The molecule has 0 spiro atoms. The van der Waals surface area contributed by atoms with Gasteiger partial charge < -0.3 is 9.64 Å². The quantitative estimate of drug-likeness (QED) is 0.786. The van der Waals surface area contributed by atoms with Crippen LogP contribution in [0.5, 0.6) is 0 Å². The molecule has 0 bridgehead atoms. The van der Waals surface area contributed by atoms with Gasteiger partial charge >= 0.3 is 5.97 Å². The average molecular weight is 272 g/mol. The Bertz CT molecular complexity index is 556. The van der Waals surface area contributed by atoms with Crippen LogP contribution in [0.4, 0.5) is 0 Å². The number of benzene rings is 1. The molecule has 1 amide bonds. The number of nitrogens with zero attached hydrogens (tertiary/aromatic N) is 2. The molecule has 1 aromatic carbocycles. The van der Waals surface area contributed by atoms with Crippen molar-refractivity contribution in [3.05, 3.63) is 35.4 Å². The second-order valence-corrected chi connectivity index (χ2v) is 4.77. The number of hydrogen-bond acceptors (Lipinski definition) is 4. The molecule has 5 heteroatoms. The summed E-state index contributed by atoms with van der Waals surface area (Å²) in [7, 11) is 0. The summed E-state index contributed by atoms with van der Waals surface area (Å²) >= 11 is 0. The smallest absolute Gasteiger partial charge is 0.338 e. The normalized spacial score (nSPS) is 15.5. The van der Waals surface area contributed by atoms with Crippen molar-refractivity contribution in [2.24, 2.45) is 0 Å². The van der Waals surface area contributed by atoms with Gasteiger partial charge in [0.05, 0.1) is 17.2 Å². The van der Waals surface area contributed by atoms with Gasteiger partial charge in [0.25, 0.3) is 5.91 Å². The molecule has 1 saturated heterocycles. The highest BCUT2D eigenvalue weighted by atomic mass is 16.5. The average Bonchev–Trinajstić information content (AvgIpc) is 3.00. The van der Waals surface area contributed by atoms with E-state index in [2.05, 4.69) is 0 Å². The zero-order chi connectivity index (χ0) is 14.5. The SMILES string of the molecule is C[C@@H](OC(=O)c1cccc(C#N)c1)C(=O)N1CCCC1. The molecule has 5 nitrogen and oxygen atoms in total. The molecule has 0 aliphatic carbocycles. The van der Waals surface area contributed by atoms with E-state index in [0.29, 0.717) is 5.56 Å². The highest BCUT2D eigenvalue weighted by Gasteiger charge is 2.26. The molecule has 2 rings (SSSR count).